The maximum Gasteiger partial charge on any atom is 0.355 e. The summed E-state index contributed by atoms with van der Waals surface area (Å²) >= 11 is 2.72. The van der Waals surface area contributed by atoms with Crippen molar-refractivity contribution in [3.8, 4) is 0 Å². The van der Waals surface area contributed by atoms with Crippen molar-refractivity contribution in [1.82, 2.24) is 10.3 Å². The number of aryl methyl sites for hydroxylation is 2. The van der Waals surface area contributed by atoms with Crippen molar-refractivity contribution in [2.24, 2.45) is 0 Å². The molecule has 0 aliphatic carbocycles. The lowest BCUT2D eigenvalue weighted by Crippen LogP contribution is -2.26. The van der Waals surface area contributed by atoms with Gasteiger partial charge in [-0.1, -0.05) is 0 Å². The van der Waals surface area contributed by atoms with Crippen molar-refractivity contribution < 1.29 is 14.7 Å². The van der Waals surface area contributed by atoms with Crippen LogP contribution in [0.3, 0.4) is 0 Å². The maximum atomic E-state index is 12.0. The largest absolute Gasteiger partial charge is 0.476 e. The number of rotatable bonds is 4. The van der Waals surface area contributed by atoms with E-state index in [-0.39, 0.29) is 22.7 Å². The summed E-state index contributed by atoms with van der Waals surface area (Å²) in [6.45, 7) is 5.94. The first kappa shape index (κ1) is 14.7. The van der Waals surface area contributed by atoms with Gasteiger partial charge in [-0.15, -0.1) is 22.7 Å². The number of aromatic nitrogens is 1. The van der Waals surface area contributed by atoms with Gasteiger partial charge in [0.15, 0.2) is 10.7 Å². The van der Waals surface area contributed by atoms with Gasteiger partial charge in [0.05, 0.1) is 6.04 Å². The van der Waals surface area contributed by atoms with Gasteiger partial charge in [0.2, 0.25) is 0 Å². The van der Waals surface area contributed by atoms with E-state index in [1.54, 1.807) is 11.3 Å². The van der Waals surface area contributed by atoms with E-state index in [1.165, 1.54) is 15.1 Å². The first-order valence-corrected chi connectivity index (χ1v) is 7.64. The molecule has 7 heteroatoms. The molecule has 2 rings (SSSR count). The third-order valence-electron chi connectivity index (χ3n) is 2.81. The summed E-state index contributed by atoms with van der Waals surface area (Å²) in [6.07, 6.45) is 0. The van der Waals surface area contributed by atoms with Crippen molar-refractivity contribution in [3.05, 3.63) is 37.5 Å². The third kappa shape index (κ3) is 3.05. The van der Waals surface area contributed by atoms with Crippen molar-refractivity contribution >= 4 is 34.6 Å². The molecule has 106 valence electrons. The SMILES string of the molecule is Cc1cc(C(C)NC(=O)c2nc(C(=O)O)cs2)c(C)s1. The third-order valence-corrected chi connectivity index (χ3v) is 4.63. The van der Waals surface area contributed by atoms with Gasteiger partial charge in [-0.2, -0.15) is 0 Å². The standard InChI is InChI=1S/C13H14N2O3S2/c1-6-4-9(8(3)20-6)7(2)14-11(16)12-15-10(5-19-12)13(17)18/h4-5,7H,1-3H3,(H,14,16)(H,17,18). The second kappa shape index (κ2) is 5.72. The molecule has 2 aromatic rings. The van der Waals surface area contributed by atoms with E-state index in [0.29, 0.717) is 0 Å². The molecule has 1 atom stereocenters. The van der Waals surface area contributed by atoms with E-state index >= 15 is 0 Å². The summed E-state index contributed by atoms with van der Waals surface area (Å²) in [5.74, 6) is -1.48. The first-order valence-electron chi connectivity index (χ1n) is 5.95. The van der Waals surface area contributed by atoms with E-state index in [4.69, 9.17) is 5.11 Å². The molecule has 0 saturated carbocycles. The highest BCUT2D eigenvalue weighted by Crippen LogP contribution is 2.26. The monoisotopic (exact) mass is 310 g/mol. The maximum absolute atomic E-state index is 12.0. The predicted octanol–water partition coefficient (Wildman–Crippen LogP) is 3.01. The molecule has 2 N–H and O–H groups in total. The van der Waals surface area contributed by atoms with Gasteiger partial charge in [0, 0.05) is 15.1 Å². The number of nitrogens with one attached hydrogen (secondary N) is 1. The summed E-state index contributed by atoms with van der Waals surface area (Å²) in [6, 6.07) is 1.92. The summed E-state index contributed by atoms with van der Waals surface area (Å²) in [5.41, 5.74) is 0.978. The number of aromatic carboxylic acids is 1. The van der Waals surface area contributed by atoms with Crippen LogP contribution in [0, 0.1) is 13.8 Å². The Kier molecular flexibility index (Phi) is 4.20. The number of amides is 1. The Labute approximate surface area is 124 Å². The average Bonchev–Trinajstić information content (AvgIpc) is 2.95. The second-order valence-corrected chi connectivity index (χ2v) is 6.73. The van der Waals surface area contributed by atoms with E-state index in [9.17, 15) is 9.59 Å². The molecule has 2 heterocycles. The molecule has 1 unspecified atom stereocenters. The number of thiophene rings is 1. The van der Waals surface area contributed by atoms with Crippen LogP contribution in [0.15, 0.2) is 11.4 Å². The highest BCUT2D eigenvalue weighted by molar-refractivity contribution is 7.12. The molecular weight excluding hydrogens is 296 g/mol. The number of carboxylic acids is 1. The highest BCUT2D eigenvalue weighted by atomic mass is 32.1. The normalized spacial score (nSPS) is 12.2. The zero-order valence-corrected chi connectivity index (χ0v) is 12.9. The molecule has 0 aliphatic heterocycles. The number of thiazole rings is 1. The van der Waals surface area contributed by atoms with Crippen molar-refractivity contribution in [1.29, 1.82) is 0 Å². The molecular formula is C13H14N2O3S2. The van der Waals surface area contributed by atoms with Gasteiger partial charge in [-0.05, 0) is 32.4 Å². The Morgan fingerprint density at radius 1 is 1.40 bits per heavy atom. The molecule has 0 spiro atoms. The molecule has 0 bridgehead atoms. The molecule has 0 aromatic carbocycles. The Morgan fingerprint density at radius 3 is 2.60 bits per heavy atom. The fourth-order valence-electron chi connectivity index (χ4n) is 1.89. The first-order chi connectivity index (χ1) is 9.38. The lowest BCUT2D eigenvalue weighted by atomic mass is 10.1. The minimum atomic E-state index is -1.13. The number of hydrogen-bond acceptors (Lipinski definition) is 5. The van der Waals surface area contributed by atoms with E-state index < -0.39 is 5.97 Å². The predicted molar refractivity (Wildman–Crippen MR) is 78.7 cm³/mol. The Hall–Kier alpha value is -1.73. The number of hydrogen-bond donors (Lipinski definition) is 2. The van der Waals surface area contributed by atoms with Gasteiger partial charge in [-0.3, -0.25) is 4.79 Å². The minimum absolute atomic E-state index is 0.102. The Balaban J connectivity index is 2.10. The minimum Gasteiger partial charge on any atom is -0.476 e. The highest BCUT2D eigenvalue weighted by Gasteiger charge is 2.18. The van der Waals surface area contributed by atoms with Crippen LogP contribution in [0.2, 0.25) is 0 Å². The number of carbonyl (C=O) groups is 2. The van der Waals surface area contributed by atoms with E-state index in [2.05, 4.69) is 16.4 Å². The van der Waals surface area contributed by atoms with Crippen LogP contribution in [0.1, 0.15) is 48.6 Å². The molecule has 5 nitrogen and oxygen atoms in total. The van der Waals surface area contributed by atoms with E-state index in [0.717, 1.165) is 16.9 Å². The molecule has 2 aromatic heterocycles. The zero-order valence-electron chi connectivity index (χ0n) is 11.3. The molecule has 1 amide bonds. The summed E-state index contributed by atoms with van der Waals surface area (Å²) in [7, 11) is 0. The number of carbonyl (C=O) groups excluding carboxylic acids is 1. The van der Waals surface area contributed by atoms with Gasteiger partial charge < -0.3 is 10.4 Å². The fourth-order valence-corrected chi connectivity index (χ4v) is 3.61. The summed E-state index contributed by atoms with van der Waals surface area (Å²) in [4.78, 5) is 28.9. The molecule has 0 radical (unpaired) electrons. The van der Waals surface area contributed by atoms with Crippen LogP contribution in [-0.2, 0) is 0 Å². The molecule has 0 saturated heterocycles. The zero-order chi connectivity index (χ0) is 14.9. The van der Waals surface area contributed by atoms with Gasteiger partial charge in [0.1, 0.15) is 0 Å². The molecule has 0 fully saturated rings. The smallest absolute Gasteiger partial charge is 0.355 e. The van der Waals surface area contributed by atoms with Gasteiger partial charge in [-0.25, -0.2) is 9.78 Å². The second-order valence-electron chi connectivity index (χ2n) is 4.41. The van der Waals surface area contributed by atoms with Crippen molar-refractivity contribution in [2.75, 3.05) is 0 Å². The quantitative estimate of drug-likeness (QED) is 0.910. The van der Waals surface area contributed by atoms with Crippen LogP contribution < -0.4 is 5.32 Å². The lowest BCUT2D eigenvalue weighted by molar-refractivity contribution is 0.0691. The van der Waals surface area contributed by atoms with Crippen LogP contribution in [-0.4, -0.2) is 22.0 Å². The Morgan fingerprint density at radius 2 is 2.10 bits per heavy atom. The van der Waals surface area contributed by atoms with E-state index in [1.807, 2.05) is 20.8 Å². The average molecular weight is 310 g/mol. The topological polar surface area (TPSA) is 79.3 Å². The summed E-state index contributed by atoms with van der Waals surface area (Å²) in [5, 5.41) is 13.2. The Bertz CT molecular complexity index is 660. The fraction of sp³-hybridized carbons (Fsp3) is 0.308. The van der Waals surface area contributed by atoms with Crippen molar-refractivity contribution in [3.63, 3.8) is 0 Å². The van der Waals surface area contributed by atoms with Crippen LogP contribution >= 0.6 is 22.7 Å². The molecule has 0 aliphatic rings. The van der Waals surface area contributed by atoms with Crippen molar-refractivity contribution in [2.45, 2.75) is 26.8 Å². The number of carboxylic acid groups (broad SMARTS) is 1. The van der Waals surface area contributed by atoms with Gasteiger partial charge in [0.25, 0.3) is 5.91 Å². The molecule has 20 heavy (non-hydrogen) atoms. The van der Waals surface area contributed by atoms with Crippen LogP contribution in [0.25, 0.3) is 0 Å². The van der Waals surface area contributed by atoms with Gasteiger partial charge >= 0.3 is 5.97 Å². The number of nitrogens with zero attached hydrogens (tertiary/aromatic N) is 1. The lowest BCUT2D eigenvalue weighted by Gasteiger charge is -2.12. The van der Waals surface area contributed by atoms with Crippen LogP contribution in [0.4, 0.5) is 0 Å². The van der Waals surface area contributed by atoms with Crippen LogP contribution in [0.5, 0.6) is 0 Å². The summed E-state index contributed by atoms with van der Waals surface area (Å²) < 4.78 is 0.